The predicted octanol–water partition coefficient (Wildman–Crippen LogP) is 2.67. The number of sulfone groups is 1. The third kappa shape index (κ3) is 3.60. The molecule has 2 aromatic rings. The molecule has 0 radical (unpaired) electrons. The second kappa shape index (κ2) is 6.79. The van der Waals surface area contributed by atoms with Crippen molar-refractivity contribution in [2.75, 3.05) is 17.7 Å². The fourth-order valence-corrected chi connectivity index (χ4v) is 2.96. The summed E-state index contributed by atoms with van der Waals surface area (Å²) in [6.07, 6.45) is 0. The Morgan fingerprint density at radius 2 is 1.62 bits per heavy atom. The van der Waals surface area contributed by atoms with E-state index in [2.05, 4.69) is 0 Å². The molecule has 0 aliphatic carbocycles. The smallest absolute Gasteiger partial charge is 0.269 e. The highest BCUT2D eigenvalue weighted by Gasteiger charge is 2.17. The number of nitro groups is 1. The van der Waals surface area contributed by atoms with Crippen molar-refractivity contribution in [1.82, 2.24) is 0 Å². The van der Waals surface area contributed by atoms with Gasteiger partial charge in [0.15, 0.2) is 9.84 Å². The Balaban J connectivity index is 2.23. The lowest BCUT2D eigenvalue weighted by molar-refractivity contribution is -0.384. The highest BCUT2D eigenvalue weighted by molar-refractivity contribution is 7.91. The Hall–Kier alpha value is -2.74. The summed E-state index contributed by atoms with van der Waals surface area (Å²) < 4.78 is 23.5. The van der Waals surface area contributed by atoms with Crippen LogP contribution in [0.3, 0.4) is 0 Å². The Morgan fingerprint density at radius 1 is 1.08 bits per heavy atom. The molecule has 0 aliphatic heterocycles. The van der Waals surface area contributed by atoms with Gasteiger partial charge in [-0.3, -0.25) is 14.9 Å². The van der Waals surface area contributed by atoms with Gasteiger partial charge in [0.25, 0.3) is 11.6 Å². The number of benzene rings is 2. The minimum atomic E-state index is -3.31. The molecule has 1 amide bonds. The number of hydrogen-bond acceptors (Lipinski definition) is 5. The Morgan fingerprint density at radius 3 is 2.08 bits per heavy atom. The predicted molar refractivity (Wildman–Crippen MR) is 90.0 cm³/mol. The molecule has 0 aliphatic rings. The van der Waals surface area contributed by atoms with Crippen LogP contribution in [0.1, 0.15) is 17.3 Å². The molecule has 0 bridgehead atoms. The van der Waals surface area contributed by atoms with E-state index >= 15 is 0 Å². The molecule has 126 valence electrons. The number of anilines is 1. The van der Waals surface area contributed by atoms with Crippen molar-refractivity contribution in [3.63, 3.8) is 0 Å². The zero-order valence-electron chi connectivity index (χ0n) is 13.2. The number of rotatable bonds is 5. The molecule has 2 aromatic carbocycles. The molecule has 7 nitrogen and oxygen atoms in total. The lowest BCUT2D eigenvalue weighted by Gasteiger charge is -2.17. The second-order valence-corrected chi connectivity index (χ2v) is 7.34. The van der Waals surface area contributed by atoms with E-state index in [1.165, 1.54) is 53.4 Å². The molecule has 0 saturated heterocycles. The average Bonchev–Trinajstić information content (AvgIpc) is 2.60. The van der Waals surface area contributed by atoms with E-state index < -0.39 is 14.8 Å². The molecule has 0 fully saturated rings. The second-order valence-electron chi connectivity index (χ2n) is 5.07. The number of hydrogen-bond donors (Lipinski definition) is 0. The van der Waals surface area contributed by atoms with E-state index in [-0.39, 0.29) is 22.2 Å². The molecule has 0 heterocycles. The largest absolute Gasteiger partial charge is 0.311 e. The highest BCUT2D eigenvalue weighted by Crippen LogP contribution is 2.20. The van der Waals surface area contributed by atoms with Gasteiger partial charge in [-0.1, -0.05) is 6.92 Å². The molecule has 0 N–H and O–H groups in total. The quantitative estimate of drug-likeness (QED) is 0.611. The van der Waals surface area contributed by atoms with Crippen LogP contribution < -0.4 is 4.90 Å². The molecule has 2 rings (SSSR count). The van der Waals surface area contributed by atoms with E-state index in [0.29, 0.717) is 11.3 Å². The van der Waals surface area contributed by atoms with Crippen LogP contribution in [-0.2, 0) is 9.84 Å². The van der Waals surface area contributed by atoms with Crippen molar-refractivity contribution >= 4 is 27.1 Å². The molecular weight excluding hydrogens is 332 g/mol. The average molecular weight is 348 g/mol. The van der Waals surface area contributed by atoms with Crippen molar-refractivity contribution in [2.24, 2.45) is 0 Å². The van der Waals surface area contributed by atoms with Crippen molar-refractivity contribution in [1.29, 1.82) is 0 Å². The van der Waals surface area contributed by atoms with Gasteiger partial charge in [0.05, 0.1) is 15.6 Å². The van der Waals surface area contributed by atoms with Crippen LogP contribution in [0.2, 0.25) is 0 Å². The fraction of sp³-hybridized carbons (Fsp3) is 0.188. The van der Waals surface area contributed by atoms with Gasteiger partial charge in [0, 0.05) is 30.4 Å². The van der Waals surface area contributed by atoms with Crippen LogP contribution in [0.4, 0.5) is 11.4 Å². The molecule has 0 aromatic heterocycles. The van der Waals surface area contributed by atoms with Crippen LogP contribution in [-0.4, -0.2) is 32.0 Å². The monoisotopic (exact) mass is 348 g/mol. The van der Waals surface area contributed by atoms with Crippen LogP contribution in [0.15, 0.2) is 53.4 Å². The number of nitro benzene ring substituents is 1. The molecule has 8 heteroatoms. The topological polar surface area (TPSA) is 97.6 Å². The van der Waals surface area contributed by atoms with Crippen LogP contribution >= 0.6 is 0 Å². The lowest BCUT2D eigenvalue weighted by atomic mass is 10.2. The van der Waals surface area contributed by atoms with E-state index in [0.717, 1.165) is 0 Å². The Kier molecular flexibility index (Phi) is 4.99. The number of carbonyl (C=O) groups excluding carboxylic acids is 1. The minimum Gasteiger partial charge on any atom is -0.311 e. The maximum Gasteiger partial charge on any atom is 0.269 e. The molecular formula is C16H16N2O5S. The Labute approximate surface area is 139 Å². The van der Waals surface area contributed by atoms with Gasteiger partial charge in [0.2, 0.25) is 0 Å². The van der Waals surface area contributed by atoms with Gasteiger partial charge >= 0.3 is 0 Å². The van der Waals surface area contributed by atoms with Crippen LogP contribution in [0.5, 0.6) is 0 Å². The van der Waals surface area contributed by atoms with Crippen molar-refractivity contribution < 1.29 is 18.1 Å². The first-order valence-electron chi connectivity index (χ1n) is 7.11. The standard InChI is InChI=1S/C16H16N2O5S/c1-3-24(22,23)15-10-4-12(5-11-15)16(19)17(2)13-6-8-14(9-7-13)18(20)21/h4-11H,3H2,1-2H3. The van der Waals surface area contributed by atoms with Crippen LogP contribution in [0.25, 0.3) is 0 Å². The van der Waals surface area contributed by atoms with Gasteiger partial charge in [0.1, 0.15) is 0 Å². The first-order valence-corrected chi connectivity index (χ1v) is 8.77. The summed E-state index contributed by atoms with van der Waals surface area (Å²) in [5.41, 5.74) is 0.760. The normalized spacial score (nSPS) is 11.1. The third-order valence-electron chi connectivity index (χ3n) is 3.59. The first kappa shape index (κ1) is 17.6. The van der Waals surface area contributed by atoms with Crippen molar-refractivity contribution in [2.45, 2.75) is 11.8 Å². The van der Waals surface area contributed by atoms with Crippen molar-refractivity contribution in [3.8, 4) is 0 Å². The van der Waals surface area contributed by atoms with Crippen LogP contribution in [0, 0.1) is 10.1 Å². The summed E-state index contributed by atoms with van der Waals surface area (Å²) in [7, 11) is -1.77. The first-order chi connectivity index (χ1) is 11.3. The van der Waals surface area contributed by atoms with Gasteiger partial charge in [-0.25, -0.2) is 8.42 Å². The summed E-state index contributed by atoms with van der Waals surface area (Å²) in [4.78, 5) is 24.1. The minimum absolute atomic E-state index is 0.0109. The molecule has 0 spiro atoms. The highest BCUT2D eigenvalue weighted by atomic mass is 32.2. The fourth-order valence-electron chi connectivity index (χ4n) is 2.08. The Bertz CT molecular complexity index is 858. The lowest BCUT2D eigenvalue weighted by Crippen LogP contribution is -2.26. The SMILES string of the molecule is CCS(=O)(=O)c1ccc(C(=O)N(C)c2ccc([N+](=O)[O-])cc2)cc1. The van der Waals surface area contributed by atoms with Gasteiger partial charge in [-0.05, 0) is 36.4 Å². The number of amides is 1. The van der Waals surface area contributed by atoms with Crippen molar-refractivity contribution in [3.05, 3.63) is 64.2 Å². The van der Waals surface area contributed by atoms with E-state index in [1.807, 2.05) is 0 Å². The summed E-state index contributed by atoms with van der Waals surface area (Å²) in [5, 5.41) is 10.7. The van der Waals surface area contributed by atoms with Gasteiger partial charge in [-0.15, -0.1) is 0 Å². The molecule has 0 saturated carbocycles. The number of non-ortho nitro benzene ring substituents is 1. The summed E-state index contributed by atoms with van der Waals surface area (Å²) in [6.45, 7) is 1.55. The summed E-state index contributed by atoms with van der Waals surface area (Å²) in [6, 6.07) is 11.3. The number of carbonyl (C=O) groups is 1. The maximum atomic E-state index is 12.4. The third-order valence-corrected chi connectivity index (χ3v) is 5.34. The van der Waals surface area contributed by atoms with Gasteiger partial charge < -0.3 is 4.90 Å². The molecule has 24 heavy (non-hydrogen) atoms. The van der Waals surface area contributed by atoms with E-state index in [9.17, 15) is 23.3 Å². The van der Waals surface area contributed by atoms with E-state index in [1.54, 1.807) is 14.0 Å². The maximum absolute atomic E-state index is 12.4. The molecule has 0 unspecified atom stereocenters. The molecule has 0 atom stereocenters. The van der Waals surface area contributed by atoms with Gasteiger partial charge in [-0.2, -0.15) is 0 Å². The zero-order chi connectivity index (χ0) is 17.9. The number of nitrogens with zero attached hydrogens (tertiary/aromatic N) is 2. The summed E-state index contributed by atoms with van der Waals surface area (Å²) in [5.74, 6) is -0.354. The van der Waals surface area contributed by atoms with E-state index in [4.69, 9.17) is 0 Å². The summed E-state index contributed by atoms with van der Waals surface area (Å²) >= 11 is 0. The zero-order valence-corrected chi connectivity index (χ0v) is 14.0.